The number of aryl methyl sites for hydroxylation is 1. The monoisotopic (exact) mass is 220 g/mol. The Morgan fingerprint density at radius 1 is 0.938 bits per heavy atom. The van der Waals surface area contributed by atoms with Crippen LogP contribution < -0.4 is 0 Å². The molecule has 0 aliphatic rings. The summed E-state index contributed by atoms with van der Waals surface area (Å²) in [5.41, 5.74) is 2.50. The van der Waals surface area contributed by atoms with Gasteiger partial charge in [0.2, 0.25) is 0 Å². The molecular formula is C16H28. The maximum Gasteiger partial charge on any atom is -0.0233 e. The number of hydrogen-bond acceptors (Lipinski definition) is 0. The van der Waals surface area contributed by atoms with E-state index in [-0.39, 0.29) is 0 Å². The highest BCUT2D eigenvalue weighted by molar-refractivity contribution is 5.50. The van der Waals surface area contributed by atoms with E-state index in [0.29, 0.717) is 0 Å². The van der Waals surface area contributed by atoms with Crippen LogP contribution in [-0.2, 0) is 0 Å². The van der Waals surface area contributed by atoms with Crippen LogP contribution in [0.25, 0.3) is 6.08 Å². The quantitative estimate of drug-likeness (QED) is 0.518. The molecule has 0 atom stereocenters. The van der Waals surface area contributed by atoms with E-state index in [0.717, 1.165) is 0 Å². The van der Waals surface area contributed by atoms with Crippen molar-refractivity contribution in [3.63, 3.8) is 0 Å². The van der Waals surface area contributed by atoms with E-state index >= 15 is 0 Å². The summed E-state index contributed by atoms with van der Waals surface area (Å²) in [6.07, 6.45) is 3.62. The zero-order valence-electron chi connectivity index (χ0n) is 11.9. The largest absolute Gasteiger partial charge is 0.103 e. The number of allylic oxidation sites excluding steroid dienone is 1. The van der Waals surface area contributed by atoms with Crippen molar-refractivity contribution in [3.05, 3.63) is 54.6 Å². The molecule has 0 saturated carbocycles. The second-order valence-corrected chi connectivity index (χ2v) is 2.47. The fourth-order valence-electron chi connectivity index (χ4n) is 0.816. The molecular weight excluding hydrogens is 192 g/mol. The molecule has 0 fully saturated rings. The van der Waals surface area contributed by atoms with Gasteiger partial charge in [-0.15, -0.1) is 6.58 Å². The first-order valence-corrected chi connectivity index (χ1v) is 6.01. The van der Waals surface area contributed by atoms with Gasteiger partial charge in [0.1, 0.15) is 0 Å². The van der Waals surface area contributed by atoms with Crippen molar-refractivity contribution in [3.8, 4) is 0 Å². The lowest BCUT2D eigenvalue weighted by Gasteiger charge is -1.95. The third kappa shape index (κ3) is 12.7. The zero-order chi connectivity index (χ0) is 13.4. The van der Waals surface area contributed by atoms with E-state index in [1.54, 1.807) is 6.08 Å². The fraction of sp³-hybridized carbons (Fsp3) is 0.375. The summed E-state index contributed by atoms with van der Waals surface area (Å²) in [7, 11) is 0. The summed E-state index contributed by atoms with van der Waals surface area (Å²) < 4.78 is 0. The predicted molar refractivity (Wildman–Crippen MR) is 79.8 cm³/mol. The third-order valence-electron chi connectivity index (χ3n) is 1.41. The second-order valence-electron chi connectivity index (χ2n) is 2.47. The van der Waals surface area contributed by atoms with Gasteiger partial charge in [-0.3, -0.25) is 0 Å². The van der Waals surface area contributed by atoms with E-state index in [4.69, 9.17) is 0 Å². The molecule has 0 saturated heterocycles. The third-order valence-corrected chi connectivity index (χ3v) is 1.41. The highest BCUT2D eigenvalue weighted by Gasteiger charge is 1.86. The van der Waals surface area contributed by atoms with Crippen molar-refractivity contribution in [2.24, 2.45) is 0 Å². The Kier molecular flexibility index (Phi) is 24.3. The Balaban J connectivity index is -0.000000206. The van der Waals surface area contributed by atoms with Gasteiger partial charge in [0, 0.05) is 0 Å². The van der Waals surface area contributed by atoms with Gasteiger partial charge in [0.05, 0.1) is 0 Å². The average Bonchev–Trinajstić information content (AvgIpc) is 2.36. The Hall–Kier alpha value is -1.30. The molecule has 0 bridgehead atoms. The first-order chi connectivity index (χ1) is 7.76. The van der Waals surface area contributed by atoms with Crippen LogP contribution in [0.1, 0.15) is 45.7 Å². The molecule has 0 N–H and O–H groups in total. The Morgan fingerprint density at radius 3 is 1.56 bits per heavy atom. The van der Waals surface area contributed by atoms with Crippen LogP contribution in [0.3, 0.4) is 0 Å². The van der Waals surface area contributed by atoms with Crippen LogP contribution in [0.4, 0.5) is 0 Å². The Morgan fingerprint density at radius 2 is 1.31 bits per heavy atom. The molecule has 0 spiro atoms. The molecule has 1 rings (SSSR count). The molecule has 1 aromatic rings. The second kappa shape index (κ2) is 19.3. The molecule has 0 aromatic heterocycles. The molecule has 0 unspecified atom stereocenters. The van der Waals surface area contributed by atoms with Crippen LogP contribution in [0.5, 0.6) is 0 Å². The fourth-order valence-corrected chi connectivity index (χ4v) is 0.816. The van der Waals surface area contributed by atoms with Gasteiger partial charge in [0.15, 0.2) is 0 Å². The van der Waals surface area contributed by atoms with Crippen LogP contribution >= 0.6 is 0 Å². The van der Waals surface area contributed by atoms with Gasteiger partial charge >= 0.3 is 0 Å². The standard InChI is InChI=1S/C9H10.C3H6.2C2H6/c1-3-9-7-5-4-6-8(9)2;1-3-2;2*1-2/h3-7H,1H2,2H3;3H,1H2,2H3;2*1-2H3. The molecule has 0 aliphatic carbocycles. The van der Waals surface area contributed by atoms with Crippen LogP contribution in [0.15, 0.2) is 43.5 Å². The first kappa shape index (κ1) is 20.2. The number of benzene rings is 1. The molecule has 0 aliphatic heterocycles. The summed E-state index contributed by atoms with van der Waals surface area (Å²) in [4.78, 5) is 0. The lowest BCUT2D eigenvalue weighted by Crippen LogP contribution is -1.75. The van der Waals surface area contributed by atoms with E-state index < -0.39 is 0 Å². The SMILES string of the molecule is C=CC.C=Cc1ccccc1C.CC.CC. The van der Waals surface area contributed by atoms with Crippen LogP contribution in [0, 0.1) is 6.92 Å². The summed E-state index contributed by atoms with van der Waals surface area (Å²) in [6, 6.07) is 8.19. The Labute approximate surface area is 103 Å². The maximum absolute atomic E-state index is 3.69. The van der Waals surface area contributed by atoms with Gasteiger partial charge in [0.25, 0.3) is 0 Å². The van der Waals surface area contributed by atoms with Crippen molar-refractivity contribution in [2.75, 3.05) is 0 Å². The summed E-state index contributed by atoms with van der Waals surface area (Å²) in [6.45, 7) is 19.0. The van der Waals surface area contributed by atoms with Crippen molar-refractivity contribution in [1.82, 2.24) is 0 Å². The minimum absolute atomic E-state index is 1.22. The lowest BCUT2D eigenvalue weighted by atomic mass is 10.1. The normalized spacial score (nSPS) is 6.62. The molecule has 0 amide bonds. The van der Waals surface area contributed by atoms with E-state index in [1.165, 1.54) is 11.1 Å². The molecule has 1 aromatic carbocycles. The van der Waals surface area contributed by atoms with Crippen molar-refractivity contribution in [2.45, 2.75) is 41.5 Å². The predicted octanol–water partition coefficient (Wildman–Crippen LogP) is 5.88. The van der Waals surface area contributed by atoms with E-state index in [1.807, 2.05) is 52.8 Å². The smallest absolute Gasteiger partial charge is 0.0233 e. The van der Waals surface area contributed by atoms with E-state index in [2.05, 4.69) is 32.2 Å². The summed E-state index contributed by atoms with van der Waals surface area (Å²) in [5, 5.41) is 0. The molecule has 0 nitrogen and oxygen atoms in total. The minimum Gasteiger partial charge on any atom is -0.103 e. The van der Waals surface area contributed by atoms with Crippen LogP contribution in [-0.4, -0.2) is 0 Å². The maximum atomic E-state index is 3.69. The number of hydrogen-bond donors (Lipinski definition) is 0. The lowest BCUT2D eigenvalue weighted by molar-refractivity contribution is 1.45. The number of rotatable bonds is 1. The van der Waals surface area contributed by atoms with Gasteiger partial charge in [-0.05, 0) is 25.0 Å². The van der Waals surface area contributed by atoms with Gasteiger partial charge in [-0.2, -0.15) is 0 Å². The van der Waals surface area contributed by atoms with Crippen molar-refractivity contribution >= 4 is 6.08 Å². The highest BCUT2D eigenvalue weighted by Crippen LogP contribution is 2.06. The van der Waals surface area contributed by atoms with Gasteiger partial charge in [-0.25, -0.2) is 0 Å². The first-order valence-electron chi connectivity index (χ1n) is 6.01. The van der Waals surface area contributed by atoms with Crippen molar-refractivity contribution in [1.29, 1.82) is 0 Å². The summed E-state index contributed by atoms with van der Waals surface area (Å²) in [5.74, 6) is 0. The zero-order valence-corrected chi connectivity index (χ0v) is 11.9. The minimum atomic E-state index is 1.22. The Bertz CT molecular complexity index is 246. The van der Waals surface area contributed by atoms with Crippen LogP contribution in [0.2, 0.25) is 0 Å². The van der Waals surface area contributed by atoms with Gasteiger partial charge in [-0.1, -0.05) is 70.7 Å². The molecule has 0 heterocycles. The molecule has 92 valence electrons. The molecule has 0 radical (unpaired) electrons. The topological polar surface area (TPSA) is 0 Å². The summed E-state index contributed by atoms with van der Waals surface area (Å²) >= 11 is 0. The highest BCUT2D eigenvalue weighted by atomic mass is 13.9. The molecule has 0 heteroatoms. The van der Waals surface area contributed by atoms with Crippen molar-refractivity contribution < 1.29 is 0 Å². The molecule has 16 heavy (non-hydrogen) atoms. The van der Waals surface area contributed by atoms with Gasteiger partial charge < -0.3 is 0 Å². The average molecular weight is 220 g/mol. The van der Waals surface area contributed by atoms with E-state index in [9.17, 15) is 0 Å².